The zero-order valence-corrected chi connectivity index (χ0v) is 16.4. The lowest BCUT2D eigenvalue weighted by atomic mass is 9.82. The first-order valence-electron chi connectivity index (χ1n) is 8.78. The standard InChI is InChI=1S/C20H22F2N4O2/c1-11-16-17(24-23-11)13(19(28)25(4)5)9-26(10-20(16,2)3)18(27)12-6-7-14(21)15(22)8-12/h6-9H,10H2,1-5H3,(H,23,24). The smallest absolute Gasteiger partial charge is 0.257 e. The Labute approximate surface area is 161 Å². The number of halogens is 2. The highest BCUT2D eigenvalue weighted by atomic mass is 19.2. The van der Waals surface area contributed by atoms with E-state index in [0.717, 1.165) is 23.4 Å². The number of benzene rings is 1. The van der Waals surface area contributed by atoms with Crippen LogP contribution in [0.15, 0.2) is 24.4 Å². The molecule has 6 nitrogen and oxygen atoms in total. The molecular formula is C20H22F2N4O2. The molecule has 1 aromatic heterocycles. The summed E-state index contributed by atoms with van der Waals surface area (Å²) in [7, 11) is 3.22. The number of likely N-dealkylation sites (N-methyl/N-ethyl adjacent to an activating group) is 1. The molecule has 0 aliphatic carbocycles. The number of carbonyl (C=O) groups excluding carboxylic acids is 2. The summed E-state index contributed by atoms with van der Waals surface area (Å²) in [4.78, 5) is 28.6. The molecule has 2 heterocycles. The fraction of sp³-hybridized carbons (Fsp3) is 0.350. The predicted octanol–water partition coefficient (Wildman–Crippen LogP) is 2.86. The molecule has 0 saturated carbocycles. The Morgan fingerprint density at radius 2 is 1.89 bits per heavy atom. The van der Waals surface area contributed by atoms with Gasteiger partial charge in [0.25, 0.3) is 11.8 Å². The maximum atomic E-state index is 13.6. The topological polar surface area (TPSA) is 69.3 Å². The molecule has 0 unspecified atom stereocenters. The second-order valence-electron chi connectivity index (χ2n) is 7.76. The van der Waals surface area contributed by atoms with Gasteiger partial charge in [0.2, 0.25) is 0 Å². The van der Waals surface area contributed by atoms with E-state index >= 15 is 0 Å². The van der Waals surface area contributed by atoms with Crippen LogP contribution in [-0.2, 0) is 10.2 Å². The third kappa shape index (κ3) is 3.30. The highest BCUT2D eigenvalue weighted by molar-refractivity contribution is 6.19. The minimum atomic E-state index is -1.10. The van der Waals surface area contributed by atoms with Gasteiger partial charge in [-0.3, -0.25) is 14.7 Å². The normalized spacial score (nSPS) is 15.5. The van der Waals surface area contributed by atoms with Crippen LogP contribution in [0, 0.1) is 18.6 Å². The van der Waals surface area contributed by atoms with Gasteiger partial charge in [0.05, 0.1) is 5.57 Å². The summed E-state index contributed by atoms with van der Waals surface area (Å²) < 4.78 is 26.9. The number of hydrogen-bond acceptors (Lipinski definition) is 3. The monoisotopic (exact) mass is 388 g/mol. The van der Waals surface area contributed by atoms with Crippen LogP contribution in [0.1, 0.15) is 41.2 Å². The molecule has 8 heteroatoms. The molecule has 1 aliphatic rings. The minimum Gasteiger partial charge on any atom is -0.345 e. The van der Waals surface area contributed by atoms with Gasteiger partial charge < -0.3 is 9.80 Å². The van der Waals surface area contributed by atoms with E-state index in [0.29, 0.717) is 5.69 Å². The van der Waals surface area contributed by atoms with E-state index < -0.39 is 23.0 Å². The molecule has 1 aliphatic heterocycles. The van der Waals surface area contributed by atoms with Crippen molar-refractivity contribution in [2.45, 2.75) is 26.2 Å². The highest BCUT2D eigenvalue weighted by Crippen LogP contribution is 2.36. The number of nitrogens with one attached hydrogen (secondary N) is 1. The molecule has 3 rings (SSSR count). The highest BCUT2D eigenvalue weighted by Gasteiger charge is 2.37. The van der Waals surface area contributed by atoms with Crippen LogP contribution in [0.2, 0.25) is 0 Å². The molecule has 0 spiro atoms. The lowest BCUT2D eigenvalue weighted by Crippen LogP contribution is -2.37. The molecule has 0 bridgehead atoms. The second-order valence-corrected chi connectivity index (χ2v) is 7.76. The summed E-state index contributed by atoms with van der Waals surface area (Å²) in [6.45, 7) is 5.98. The average molecular weight is 388 g/mol. The number of aromatic amines is 1. The van der Waals surface area contributed by atoms with Gasteiger partial charge in [-0.25, -0.2) is 8.78 Å². The Hall–Kier alpha value is -3.03. The molecule has 0 saturated heterocycles. The van der Waals surface area contributed by atoms with Gasteiger partial charge in [0, 0.05) is 49.1 Å². The van der Waals surface area contributed by atoms with Crippen molar-refractivity contribution in [2.75, 3.05) is 20.6 Å². The first-order valence-corrected chi connectivity index (χ1v) is 8.78. The zero-order valence-electron chi connectivity index (χ0n) is 16.4. The number of aryl methyl sites for hydroxylation is 1. The maximum Gasteiger partial charge on any atom is 0.257 e. The van der Waals surface area contributed by atoms with Crippen molar-refractivity contribution in [2.24, 2.45) is 0 Å². The third-order valence-electron chi connectivity index (χ3n) is 4.79. The van der Waals surface area contributed by atoms with Gasteiger partial charge in [-0.1, -0.05) is 13.8 Å². The number of nitrogens with zero attached hydrogens (tertiary/aromatic N) is 3. The number of H-pyrrole nitrogens is 1. The van der Waals surface area contributed by atoms with E-state index in [1.54, 1.807) is 14.1 Å². The van der Waals surface area contributed by atoms with Gasteiger partial charge in [-0.15, -0.1) is 0 Å². The van der Waals surface area contributed by atoms with Crippen LogP contribution in [-0.4, -0.2) is 52.5 Å². The van der Waals surface area contributed by atoms with Crippen LogP contribution >= 0.6 is 0 Å². The lowest BCUT2D eigenvalue weighted by Gasteiger charge is -2.29. The molecule has 28 heavy (non-hydrogen) atoms. The first kappa shape index (κ1) is 19.7. The van der Waals surface area contributed by atoms with Gasteiger partial charge in [-0.05, 0) is 25.1 Å². The van der Waals surface area contributed by atoms with E-state index in [1.807, 2.05) is 20.8 Å². The average Bonchev–Trinajstić information content (AvgIpc) is 2.96. The second kappa shape index (κ2) is 6.85. The minimum absolute atomic E-state index is 0.000395. The summed E-state index contributed by atoms with van der Waals surface area (Å²) in [6, 6.07) is 3.00. The number of fused-ring (bicyclic) bond motifs is 1. The summed E-state index contributed by atoms with van der Waals surface area (Å²) in [6.07, 6.45) is 1.44. The van der Waals surface area contributed by atoms with Crippen molar-refractivity contribution in [1.29, 1.82) is 0 Å². The summed E-state index contributed by atoms with van der Waals surface area (Å²) in [5, 5.41) is 7.22. The Morgan fingerprint density at radius 1 is 1.21 bits per heavy atom. The Balaban J connectivity index is 2.14. The number of hydrogen-bond donors (Lipinski definition) is 1. The van der Waals surface area contributed by atoms with E-state index in [9.17, 15) is 18.4 Å². The largest absolute Gasteiger partial charge is 0.345 e. The van der Waals surface area contributed by atoms with E-state index in [-0.39, 0.29) is 23.6 Å². The van der Waals surface area contributed by atoms with E-state index in [1.165, 1.54) is 22.1 Å². The van der Waals surface area contributed by atoms with Crippen molar-refractivity contribution in [3.63, 3.8) is 0 Å². The molecule has 0 fully saturated rings. The maximum absolute atomic E-state index is 13.6. The molecular weight excluding hydrogens is 366 g/mol. The van der Waals surface area contributed by atoms with Crippen LogP contribution in [0.3, 0.4) is 0 Å². The van der Waals surface area contributed by atoms with E-state index in [2.05, 4.69) is 10.2 Å². The number of rotatable bonds is 2. The van der Waals surface area contributed by atoms with Gasteiger partial charge in [0.1, 0.15) is 5.69 Å². The Kier molecular flexibility index (Phi) is 4.82. The lowest BCUT2D eigenvalue weighted by molar-refractivity contribution is -0.122. The summed E-state index contributed by atoms with van der Waals surface area (Å²) in [5.74, 6) is -2.96. The Morgan fingerprint density at radius 3 is 2.50 bits per heavy atom. The number of aromatic nitrogens is 2. The van der Waals surface area contributed by atoms with Crippen LogP contribution < -0.4 is 0 Å². The summed E-state index contributed by atoms with van der Waals surface area (Å²) >= 11 is 0. The fourth-order valence-electron chi connectivity index (χ4n) is 3.54. The number of carbonyl (C=O) groups is 2. The van der Waals surface area contributed by atoms with Crippen LogP contribution in [0.4, 0.5) is 8.78 Å². The predicted molar refractivity (Wildman–Crippen MR) is 100 cm³/mol. The third-order valence-corrected chi connectivity index (χ3v) is 4.79. The van der Waals surface area contributed by atoms with Gasteiger partial charge in [-0.2, -0.15) is 5.10 Å². The molecule has 1 N–H and O–H groups in total. The van der Waals surface area contributed by atoms with Crippen molar-refractivity contribution >= 4 is 17.4 Å². The number of amides is 2. The molecule has 2 amide bonds. The quantitative estimate of drug-likeness (QED) is 0.860. The first-order chi connectivity index (χ1) is 13.0. The van der Waals surface area contributed by atoms with Crippen molar-refractivity contribution in [3.05, 3.63) is 58.5 Å². The molecule has 0 radical (unpaired) electrons. The molecule has 0 atom stereocenters. The fourth-order valence-corrected chi connectivity index (χ4v) is 3.54. The SMILES string of the molecule is Cc1[nH]nc2c1C(C)(C)CN(C(=O)c1ccc(F)c(F)c1)C=C2C(=O)N(C)C. The molecule has 1 aromatic carbocycles. The van der Waals surface area contributed by atoms with Crippen molar-refractivity contribution in [1.82, 2.24) is 20.0 Å². The van der Waals surface area contributed by atoms with Gasteiger partial charge >= 0.3 is 0 Å². The molecule has 2 aromatic rings. The van der Waals surface area contributed by atoms with Crippen molar-refractivity contribution < 1.29 is 18.4 Å². The molecule has 148 valence electrons. The van der Waals surface area contributed by atoms with Crippen LogP contribution in [0.5, 0.6) is 0 Å². The van der Waals surface area contributed by atoms with Gasteiger partial charge in [0.15, 0.2) is 11.6 Å². The zero-order chi connectivity index (χ0) is 20.8. The van der Waals surface area contributed by atoms with E-state index in [4.69, 9.17) is 0 Å². The van der Waals surface area contributed by atoms with Crippen LogP contribution in [0.25, 0.3) is 5.57 Å². The van der Waals surface area contributed by atoms with Crippen molar-refractivity contribution in [3.8, 4) is 0 Å². The Bertz CT molecular complexity index is 992. The summed E-state index contributed by atoms with van der Waals surface area (Å²) in [5.41, 5.74) is 1.85.